The van der Waals surface area contributed by atoms with E-state index >= 15 is 0 Å². The number of nitrogens with one attached hydrogen (secondary N) is 2. The summed E-state index contributed by atoms with van der Waals surface area (Å²) in [6.07, 6.45) is 4.06. The Morgan fingerprint density at radius 2 is 2.08 bits per heavy atom. The van der Waals surface area contributed by atoms with E-state index in [0.717, 1.165) is 31.0 Å². The molecular weight excluding hydrogens is 348 g/mol. The maximum atomic E-state index is 12.7. The predicted octanol–water partition coefficient (Wildman–Crippen LogP) is 3.46. The number of carbonyl (C=O) groups excluding carboxylic acids is 1. The van der Waals surface area contributed by atoms with Gasteiger partial charge in [0.2, 0.25) is 0 Å². The van der Waals surface area contributed by atoms with Gasteiger partial charge in [-0.15, -0.1) is 12.4 Å². The van der Waals surface area contributed by atoms with Crippen molar-refractivity contribution >= 4 is 18.3 Å². The molecule has 1 amide bonds. The smallest absolute Gasteiger partial charge is 0.254 e. The third kappa shape index (κ3) is 4.65. The molecule has 26 heavy (non-hydrogen) atoms. The van der Waals surface area contributed by atoms with E-state index in [-0.39, 0.29) is 24.2 Å². The molecule has 0 bridgehead atoms. The van der Waals surface area contributed by atoms with Crippen LogP contribution in [0.1, 0.15) is 54.2 Å². The molecule has 2 aromatic rings. The van der Waals surface area contributed by atoms with Gasteiger partial charge in [0.05, 0.1) is 23.1 Å². The van der Waals surface area contributed by atoms with Crippen LogP contribution in [0.25, 0.3) is 5.69 Å². The van der Waals surface area contributed by atoms with Crippen LogP contribution in [0.5, 0.6) is 0 Å². The summed E-state index contributed by atoms with van der Waals surface area (Å²) in [5.74, 6) is 0.709. The van der Waals surface area contributed by atoms with Crippen molar-refractivity contribution in [1.82, 2.24) is 20.4 Å². The maximum absolute atomic E-state index is 12.7. The molecular formula is C20H29ClN4O. The lowest BCUT2D eigenvalue weighted by molar-refractivity contribution is 0.0943. The highest BCUT2D eigenvalue weighted by Gasteiger charge is 2.22. The van der Waals surface area contributed by atoms with E-state index in [4.69, 9.17) is 0 Å². The number of nitrogens with zero attached hydrogens (tertiary/aromatic N) is 2. The van der Waals surface area contributed by atoms with E-state index in [2.05, 4.69) is 48.6 Å². The Bertz CT molecular complexity index is 718. The number of piperidine rings is 1. The summed E-state index contributed by atoms with van der Waals surface area (Å²) in [6, 6.07) is 8.22. The van der Waals surface area contributed by atoms with Crippen LogP contribution in [0.4, 0.5) is 0 Å². The van der Waals surface area contributed by atoms with Gasteiger partial charge in [-0.25, -0.2) is 4.68 Å². The Labute approximate surface area is 162 Å². The van der Waals surface area contributed by atoms with Crippen LogP contribution in [0.2, 0.25) is 0 Å². The number of aromatic nitrogens is 2. The van der Waals surface area contributed by atoms with Gasteiger partial charge in [0.1, 0.15) is 0 Å². The number of benzene rings is 1. The number of aryl methyl sites for hydroxylation is 1. The number of hydrogen-bond acceptors (Lipinski definition) is 3. The minimum Gasteiger partial charge on any atom is -0.352 e. The van der Waals surface area contributed by atoms with Gasteiger partial charge in [-0.05, 0) is 56.8 Å². The molecule has 1 aromatic carbocycles. The summed E-state index contributed by atoms with van der Waals surface area (Å²) in [6.45, 7) is 9.06. The van der Waals surface area contributed by atoms with Crippen molar-refractivity contribution in [3.63, 3.8) is 0 Å². The molecule has 3 rings (SSSR count). The first kappa shape index (κ1) is 20.5. The van der Waals surface area contributed by atoms with Crippen molar-refractivity contribution in [2.45, 2.75) is 39.5 Å². The molecule has 142 valence electrons. The van der Waals surface area contributed by atoms with Crippen molar-refractivity contribution in [2.24, 2.45) is 5.92 Å². The number of carbonyl (C=O) groups is 1. The predicted molar refractivity (Wildman–Crippen MR) is 108 cm³/mol. The lowest BCUT2D eigenvalue weighted by atomic mass is 9.99. The van der Waals surface area contributed by atoms with Crippen LogP contribution in [-0.2, 0) is 0 Å². The van der Waals surface area contributed by atoms with Crippen LogP contribution in [-0.4, -0.2) is 35.3 Å². The largest absolute Gasteiger partial charge is 0.352 e. The average Bonchev–Trinajstić information content (AvgIpc) is 3.06. The number of amides is 1. The molecule has 5 nitrogen and oxygen atoms in total. The third-order valence-electron chi connectivity index (χ3n) is 4.83. The maximum Gasteiger partial charge on any atom is 0.254 e. The van der Waals surface area contributed by atoms with Crippen molar-refractivity contribution in [2.75, 3.05) is 19.6 Å². The highest BCUT2D eigenvalue weighted by atomic mass is 35.5. The van der Waals surface area contributed by atoms with Crippen molar-refractivity contribution in [1.29, 1.82) is 0 Å². The summed E-state index contributed by atoms with van der Waals surface area (Å²) in [5.41, 5.74) is 3.84. The van der Waals surface area contributed by atoms with Gasteiger partial charge in [-0.2, -0.15) is 5.10 Å². The Morgan fingerprint density at radius 1 is 1.35 bits per heavy atom. The van der Waals surface area contributed by atoms with E-state index in [9.17, 15) is 4.79 Å². The second-order valence-electron chi connectivity index (χ2n) is 7.27. The van der Waals surface area contributed by atoms with Gasteiger partial charge in [0.25, 0.3) is 5.91 Å². The zero-order valence-corrected chi connectivity index (χ0v) is 16.6. The number of halogens is 1. The van der Waals surface area contributed by atoms with Gasteiger partial charge < -0.3 is 10.6 Å². The van der Waals surface area contributed by atoms with E-state index in [1.54, 1.807) is 6.20 Å². The van der Waals surface area contributed by atoms with E-state index in [0.29, 0.717) is 11.5 Å². The second kappa shape index (κ2) is 9.19. The van der Waals surface area contributed by atoms with Gasteiger partial charge >= 0.3 is 0 Å². The molecule has 2 N–H and O–H groups in total. The first-order valence-electron chi connectivity index (χ1n) is 9.20. The SMILES string of the molecule is Cc1ccc(-n2ncc(C(=O)NCC3CCCNC3)c2C(C)C)cc1.Cl. The lowest BCUT2D eigenvalue weighted by Crippen LogP contribution is -2.38. The second-order valence-corrected chi connectivity index (χ2v) is 7.27. The molecule has 6 heteroatoms. The Balaban J connectivity index is 0.00000243. The molecule has 2 heterocycles. The molecule has 1 aliphatic heterocycles. The third-order valence-corrected chi connectivity index (χ3v) is 4.83. The summed E-state index contributed by atoms with van der Waals surface area (Å²) in [7, 11) is 0. The van der Waals surface area contributed by atoms with E-state index in [1.165, 1.54) is 18.4 Å². The standard InChI is InChI=1S/C20H28N4O.ClH/c1-14(2)19-18(20(25)22-12-16-5-4-10-21-11-16)13-23-24(19)17-8-6-15(3)7-9-17;/h6-9,13-14,16,21H,4-5,10-12H2,1-3H3,(H,22,25);1H. The molecule has 0 aliphatic carbocycles. The van der Waals surface area contributed by atoms with Gasteiger partial charge in [-0.1, -0.05) is 31.5 Å². The minimum absolute atomic E-state index is 0. The zero-order chi connectivity index (χ0) is 17.8. The molecule has 1 aromatic heterocycles. The van der Waals surface area contributed by atoms with Crippen LogP contribution in [0.15, 0.2) is 30.5 Å². The highest BCUT2D eigenvalue weighted by molar-refractivity contribution is 5.95. The highest BCUT2D eigenvalue weighted by Crippen LogP contribution is 2.23. The van der Waals surface area contributed by atoms with Crippen LogP contribution < -0.4 is 10.6 Å². The molecule has 0 radical (unpaired) electrons. The van der Waals surface area contributed by atoms with Gasteiger partial charge in [0, 0.05) is 6.54 Å². The van der Waals surface area contributed by atoms with Crippen molar-refractivity contribution < 1.29 is 4.79 Å². The summed E-state index contributed by atoms with van der Waals surface area (Å²) in [5, 5.41) is 11.0. The Kier molecular flexibility index (Phi) is 7.23. The molecule has 1 saturated heterocycles. The van der Waals surface area contributed by atoms with Crippen LogP contribution in [0.3, 0.4) is 0 Å². The summed E-state index contributed by atoms with van der Waals surface area (Å²) in [4.78, 5) is 12.7. The molecule has 1 fully saturated rings. The zero-order valence-electron chi connectivity index (χ0n) is 15.8. The Hall–Kier alpha value is -1.85. The fraction of sp³-hybridized carbons (Fsp3) is 0.500. The fourth-order valence-corrected chi connectivity index (χ4v) is 3.41. The van der Waals surface area contributed by atoms with Crippen molar-refractivity contribution in [3.8, 4) is 5.69 Å². The normalized spacial score (nSPS) is 17.0. The molecule has 0 spiro atoms. The average molecular weight is 377 g/mol. The summed E-state index contributed by atoms with van der Waals surface area (Å²) >= 11 is 0. The van der Waals surface area contributed by atoms with Crippen LogP contribution in [0, 0.1) is 12.8 Å². The minimum atomic E-state index is -0.0207. The molecule has 0 saturated carbocycles. The first-order chi connectivity index (χ1) is 12.1. The van der Waals surface area contributed by atoms with Crippen molar-refractivity contribution in [3.05, 3.63) is 47.3 Å². The Morgan fingerprint density at radius 3 is 2.69 bits per heavy atom. The van der Waals surface area contributed by atoms with Crippen LogP contribution >= 0.6 is 12.4 Å². The molecule has 1 unspecified atom stereocenters. The lowest BCUT2D eigenvalue weighted by Gasteiger charge is -2.23. The van der Waals surface area contributed by atoms with E-state index in [1.807, 2.05) is 16.8 Å². The first-order valence-corrected chi connectivity index (χ1v) is 9.20. The van der Waals surface area contributed by atoms with Gasteiger partial charge in [-0.3, -0.25) is 4.79 Å². The molecule has 1 aliphatic rings. The topological polar surface area (TPSA) is 59.0 Å². The fourth-order valence-electron chi connectivity index (χ4n) is 3.41. The number of hydrogen-bond donors (Lipinski definition) is 2. The monoisotopic (exact) mass is 376 g/mol. The molecule has 1 atom stereocenters. The number of rotatable bonds is 5. The van der Waals surface area contributed by atoms with Gasteiger partial charge in [0.15, 0.2) is 0 Å². The summed E-state index contributed by atoms with van der Waals surface area (Å²) < 4.78 is 1.89. The van der Waals surface area contributed by atoms with E-state index < -0.39 is 0 Å². The quantitative estimate of drug-likeness (QED) is 0.840.